The Morgan fingerprint density at radius 3 is 1.38 bits per heavy atom. The van der Waals surface area contributed by atoms with Crippen LogP contribution in [0.3, 0.4) is 0 Å². The van der Waals surface area contributed by atoms with Crippen molar-refractivity contribution in [2.24, 2.45) is 5.73 Å². The Balaban J connectivity index is 4.30. The molecule has 0 radical (unpaired) electrons. The number of ether oxygens (including phenoxy) is 1. The van der Waals surface area contributed by atoms with Gasteiger partial charge in [0.25, 0.3) is 0 Å². The number of nitrogens with one attached hydrogen (secondary N) is 1. The molecular formula is C45H86N2O5. The van der Waals surface area contributed by atoms with E-state index in [2.05, 4.69) is 31.3 Å². The summed E-state index contributed by atoms with van der Waals surface area (Å²) in [6.07, 6.45) is 43.9. The number of aliphatic carboxylic acids is 1. The summed E-state index contributed by atoms with van der Waals surface area (Å²) in [5, 5.41) is 11.9. The molecule has 52 heavy (non-hydrogen) atoms. The van der Waals surface area contributed by atoms with Gasteiger partial charge in [0.2, 0.25) is 5.91 Å². The van der Waals surface area contributed by atoms with Crippen LogP contribution in [0.15, 0.2) is 12.2 Å². The number of rotatable bonds is 41. The summed E-state index contributed by atoms with van der Waals surface area (Å²) in [4.78, 5) is 36.4. The van der Waals surface area contributed by atoms with E-state index in [0.29, 0.717) is 32.2 Å². The SMILES string of the molecule is CCCCCCC/C=C\CCCCCCCC(=O)OC(CCCCCCCCCCCCCC)CCCCCCCC(=O)NC(CCCN)C(=O)O. The van der Waals surface area contributed by atoms with Crippen LogP contribution in [-0.4, -0.2) is 41.6 Å². The fraction of sp³-hybridized carbons (Fsp3) is 0.889. The van der Waals surface area contributed by atoms with Crippen LogP contribution in [0.2, 0.25) is 0 Å². The Labute approximate surface area is 321 Å². The van der Waals surface area contributed by atoms with Crippen LogP contribution in [0.5, 0.6) is 0 Å². The van der Waals surface area contributed by atoms with Crippen LogP contribution >= 0.6 is 0 Å². The summed E-state index contributed by atoms with van der Waals surface area (Å²) in [6.45, 7) is 4.95. The van der Waals surface area contributed by atoms with Crippen molar-refractivity contribution in [3.05, 3.63) is 12.2 Å². The van der Waals surface area contributed by atoms with Crippen LogP contribution in [0.4, 0.5) is 0 Å². The van der Waals surface area contributed by atoms with Crippen molar-refractivity contribution in [3.8, 4) is 0 Å². The van der Waals surface area contributed by atoms with Crippen LogP contribution in [-0.2, 0) is 19.1 Å². The van der Waals surface area contributed by atoms with Crippen LogP contribution in [0, 0.1) is 0 Å². The molecule has 0 saturated heterocycles. The molecule has 2 unspecified atom stereocenters. The molecule has 0 bridgehead atoms. The van der Waals surface area contributed by atoms with Crippen LogP contribution < -0.4 is 11.1 Å². The quantitative estimate of drug-likeness (QED) is 0.0327. The zero-order chi connectivity index (χ0) is 38.2. The van der Waals surface area contributed by atoms with Gasteiger partial charge in [-0.05, 0) is 83.6 Å². The van der Waals surface area contributed by atoms with Gasteiger partial charge in [0.15, 0.2) is 0 Å². The second-order valence-corrected chi connectivity index (χ2v) is 15.5. The van der Waals surface area contributed by atoms with E-state index < -0.39 is 12.0 Å². The number of allylic oxidation sites excluding steroid dienone is 2. The Bertz CT molecular complexity index is 833. The van der Waals surface area contributed by atoms with Gasteiger partial charge in [-0.15, -0.1) is 0 Å². The fourth-order valence-corrected chi connectivity index (χ4v) is 6.92. The van der Waals surface area contributed by atoms with Gasteiger partial charge in [-0.2, -0.15) is 0 Å². The molecule has 1 amide bonds. The topological polar surface area (TPSA) is 119 Å². The molecule has 0 fully saturated rings. The Morgan fingerprint density at radius 2 is 0.942 bits per heavy atom. The molecule has 0 aromatic heterocycles. The molecule has 0 heterocycles. The van der Waals surface area contributed by atoms with Gasteiger partial charge in [0.1, 0.15) is 12.1 Å². The van der Waals surface area contributed by atoms with E-state index in [0.717, 1.165) is 64.2 Å². The lowest BCUT2D eigenvalue weighted by Gasteiger charge is -2.18. The third-order valence-corrected chi connectivity index (χ3v) is 10.3. The van der Waals surface area contributed by atoms with Crippen LogP contribution in [0.1, 0.15) is 239 Å². The normalized spacial score (nSPS) is 12.7. The molecule has 0 aromatic rings. The van der Waals surface area contributed by atoms with Crippen molar-refractivity contribution in [2.75, 3.05) is 6.54 Å². The first-order valence-corrected chi connectivity index (χ1v) is 22.5. The zero-order valence-corrected chi connectivity index (χ0v) is 34.4. The summed E-state index contributed by atoms with van der Waals surface area (Å²) < 4.78 is 6.05. The Morgan fingerprint density at radius 1 is 0.538 bits per heavy atom. The minimum Gasteiger partial charge on any atom is -0.480 e. The third kappa shape index (κ3) is 36.5. The van der Waals surface area contributed by atoms with Crippen molar-refractivity contribution in [2.45, 2.75) is 251 Å². The maximum absolute atomic E-state index is 12.8. The van der Waals surface area contributed by atoms with Crippen molar-refractivity contribution in [1.29, 1.82) is 0 Å². The lowest BCUT2D eigenvalue weighted by atomic mass is 10.0. The number of hydrogen-bond acceptors (Lipinski definition) is 5. The van der Waals surface area contributed by atoms with Gasteiger partial charge in [0.05, 0.1) is 0 Å². The van der Waals surface area contributed by atoms with Crippen molar-refractivity contribution >= 4 is 17.8 Å². The maximum Gasteiger partial charge on any atom is 0.326 e. The number of carbonyl (C=O) groups is 3. The second kappa shape index (κ2) is 40.3. The molecule has 0 aliphatic rings. The van der Waals surface area contributed by atoms with E-state index >= 15 is 0 Å². The highest BCUT2D eigenvalue weighted by atomic mass is 16.5. The molecule has 0 rings (SSSR count). The van der Waals surface area contributed by atoms with E-state index in [9.17, 15) is 19.5 Å². The summed E-state index contributed by atoms with van der Waals surface area (Å²) in [5.74, 6) is -1.23. The number of unbranched alkanes of at least 4 members (excludes halogenated alkanes) is 25. The molecule has 7 heteroatoms. The molecule has 4 N–H and O–H groups in total. The average molecular weight is 735 g/mol. The van der Waals surface area contributed by atoms with Gasteiger partial charge in [-0.1, -0.05) is 161 Å². The van der Waals surface area contributed by atoms with Gasteiger partial charge in [0, 0.05) is 12.8 Å². The molecule has 0 aliphatic heterocycles. The minimum absolute atomic E-state index is 0.0151. The van der Waals surface area contributed by atoms with Gasteiger partial charge >= 0.3 is 11.9 Å². The second-order valence-electron chi connectivity index (χ2n) is 15.5. The highest BCUT2D eigenvalue weighted by Crippen LogP contribution is 2.19. The van der Waals surface area contributed by atoms with Gasteiger partial charge in [-0.3, -0.25) is 9.59 Å². The molecule has 0 aromatic carbocycles. The first-order chi connectivity index (χ1) is 25.4. The van der Waals surface area contributed by atoms with E-state index in [1.54, 1.807) is 0 Å². The Kier molecular flexibility index (Phi) is 38.8. The molecule has 0 saturated carbocycles. The van der Waals surface area contributed by atoms with E-state index in [4.69, 9.17) is 10.5 Å². The Hall–Kier alpha value is -1.89. The fourth-order valence-electron chi connectivity index (χ4n) is 6.92. The van der Waals surface area contributed by atoms with Crippen molar-refractivity contribution < 1.29 is 24.2 Å². The largest absolute Gasteiger partial charge is 0.480 e. The average Bonchev–Trinajstić information content (AvgIpc) is 3.13. The lowest BCUT2D eigenvalue weighted by Crippen LogP contribution is -2.40. The van der Waals surface area contributed by atoms with Gasteiger partial charge < -0.3 is 20.9 Å². The van der Waals surface area contributed by atoms with E-state index in [-0.39, 0.29) is 18.0 Å². The maximum atomic E-state index is 12.8. The number of hydrogen-bond donors (Lipinski definition) is 3. The molecule has 0 spiro atoms. The molecule has 0 aliphatic carbocycles. The molecular weight excluding hydrogens is 649 g/mol. The number of amides is 1. The summed E-state index contributed by atoms with van der Waals surface area (Å²) in [6, 6.07) is -0.854. The number of carbonyl (C=O) groups excluding carboxylic acids is 2. The number of esters is 1. The summed E-state index contributed by atoms with van der Waals surface area (Å²) >= 11 is 0. The van der Waals surface area contributed by atoms with Crippen molar-refractivity contribution in [1.82, 2.24) is 5.32 Å². The standard InChI is InChI=1S/C45H86N2O5/c1-3-5-7-9-11-13-15-17-18-20-22-24-29-33-39-44(49)52-41(35-30-26-23-21-19-16-14-12-10-8-6-4-2)36-31-27-25-28-32-38-43(48)47-42(45(50)51)37-34-40-46/h15,17,41-42H,3-14,16,18-40,46H2,1-2H3,(H,47,48)(H,50,51)/b17-15-. The minimum atomic E-state index is -1.00. The highest BCUT2D eigenvalue weighted by molar-refractivity contribution is 5.83. The summed E-state index contributed by atoms with van der Waals surface area (Å²) in [5.41, 5.74) is 5.49. The predicted molar refractivity (Wildman–Crippen MR) is 221 cm³/mol. The molecule has 306 valence electrons. The highest BCUT2D eigenvalue weighted by Gasteiger charge is 2.19. The number of carboxylic acids is 1. The predicted octanol–water partition coefficient (Wildman–Crippen LogP) is 12.7. The smallest absolute Gasteiger partial charge is 0.326 e. The lowest BCUT2D eigenvalue weighted by molar-refractivity contribution is -0.150. The number of nitrogens with two attached hydrogens (primary N) is 1. The summed E-state index contributed by atoms with van der Waals surface area (Å²) in [7, 11) is 0. The first-order valence-electron chi connectivity index (χ1n) is 22.5. The van der Waals surface area contributed by atoms with Gasteiger partial charge in [-0.25, -0.2) is 4.79 Å². The zero-order valence-electron chi connectivity index (χ0n) is 34.4. The van der Waals surface area contributed by atoms with E-state index in [1.807, 2.05) is 0 Å². The van der Waals surface area contributed by atoms with Crippen LogP contribution in [0.25, 0.3) is 0 Å². The van der Waals surface area contributed by atoms with E-state index in [1.165, 1.54) is 135 Å². The van der Waals surface area contributed by atoms with Crippen molar-refractivity contribution in [3.63, 3.8) is 0 Å². The third-order valence-electron chi connectivity index (χ3n) is 10.3. The number of carboxylic acid groups (broad SMARTS) is 1. The first kappa shape index (κ1) is 50.1. The molecule has 2 atom stereocenters. The molecule has 7 nitrogen and oxygen atoms in total. The monoisotopic (exact) mass is 735 g/mol.